The number of carbonyl (C=O) groups is 3. The molecule has 2 aromatic rings. The van der Waals surface area contributed by atoms with E-state index in [1.54, 1.807) is 19.1 Å². The number of fused-ring (bicyclic) bond motifs is 1. The number of amides is 3. The van der Waals surface area contributed by atoms with E-state index >= 15 is 0 Å². The molecular weight excluding hydrogens is 738 g/mol. The van der Waals surface area contributed by atoms with Gasteiger partial charge in [-0.05, 0) is 24.6 Å². The van der Waals surface area contributed by atoms with Gasteiger partial charge >= 0.3 is 5.63 Å². The highest BCUT2D eigenvalue weighted by Crippen LogP contribution is 2.34. The van der Waals surface area contributed by atoms with E-state index in [1.807, 2.05) is 0 Å². The van der Waals surface area contributed by atoms with Crippen LogP contribution in [-0.4, -0.2) is 165 Å². The third kappa shape index (κ3) is 9.42. The van der Waals surface area contributed by atoms with Crippen LogP contribution in [0.25, 0.3) is 11.0 Å². The number of rotatable bonds is 12. The molecule has 1 aromatic heterocycles. The molecule has 3 amide bonds. The van der Waals surface area contributed by atoms with Crippen LogP contribution in [0.2, 0.25) is 0 Å². The summed E-state index contributed by atoms with van der Waals surface area (Å²) in [6, 6.07) is 1.55. The largest absolute Gasteiger partial charge is 0.462 e. The predicted octanol–water partition coefficient (Wildman–Crippen LogP) is -4.64. The number of aliphatic hydroxyl groups is 7. The Balaban J connectivity index is 1.40. The second-order valence-corrected chi connectivity index (χ2v) is 13.5. The molecule has 0 saturated carbocycles. The maximum atomic E-state index is 12.4. The molecule has 0 bridgehead atoms. The third-order valence-corrected chi connectivity index (χ3v) is 9.45. The Kier molecular flexibility index (Phi) is 13.8. The number of nitrogens with one attached hydrogen (secondary N) is 3. The molecule has 0 spiro atoms. The summed E-state index contributed by atoms with van der Waals surface area (Å²) in [6.45, 7) is 2.70. The van der Waals surface area contributed by atoms with Gasteiger partial charge in [0, 0.05) is 38.3 Å². The summed E-state index contributed by atoms with van der Waals surface area (Å²) < 4.78 is 40.8. The van der Waals surface area contributed by atoms with Gasteiger partial charge in [0.1, 0.15) is 84.4 Å². The Hall–Kier alpha value is -3.84. The molecule has 21 nitrogen and oxygen atoms in total. The van der Waals surface area contributed by atoms with Crippen molar-refractivity contribution in [1.82, 2.24) is 16.0 Å². The van der Waals surface area contributed by atoms with E-state index in [-0.39, 0.29) is 11.3 Å². The van der Waals surface area contributed by atoms with Crippen LogP contribution >= 0.6 is 0 Å². The van der Waals surface area contributed by atoms with Crippen molar-refractivity contribution in [2.45, 2.75) is 120 Å². The van der Waals surface area contributed by atoms with Crippen molar-refractivity contribution in [3.8, 4) is 5.75 Å². The van der Waals surface area contributed by atoms with Crippen LogP contribution in [0.15, 0.2) is 33.5 Å². The van der Waals surface area contributed by atoms with E-state index in [0.717, 1.165) is 13.8 Å². The molecule has 0 radical (unpaired) electrons. The standard InChI is InChI=1S/C34H47N3O18/c1-12-7-22(44)50-18-8-16(5-6-17(12)18)49-32-24(36-14(3)42)28(47)30(20(10-39)52-32)55-34-25(37-15(4)43)29(48)31(21(11-40)53-34)54-33-23(35-13(2)41)27(46)26(45)19(9-38)51-33/h5-8,19-21,23-34,38-40,45-48H,9-11H2,1-4H3,(H,35,41)(H,36,42)(H,37,43)/t19-,20-,21-,23-,24-,25-,26-,27-,28-,29-,30-,31-,32-,33+,34+/m1/s1. The zero-order valence-corrected chi connectivity index (χ0v) is 30.2. The molecule has 3 aliphatic heterocycles. The minimum Gasteiger partial charge on any atom is -0.462 e. The fourth-order valence-corrected chi connectivity index (χ4v) is 6.87. The highest BCUT2D eigenvalue weighted by atomic mass is 16.7. The first-order valence-electron chi connectivity index (χ1n) is 17.4. The van der Waals surface area contributed by atoms with Gasteiger partial charge in [-0.1, -0.05) is 0 Å². The van der Waals surface area contributed by atoms with Gasteiger partial charge < -0.3 is 84.5 Å². The molecule has 10 N–H and O–H groups in total. The van der Waals surface area contributed by atoms with Gasteiger partial charge in [0.25, 0.3) is 0 Å². The van der Waals surface area contributed by atoms with Crippen LogP contribution in [0, 0.1) is 6.92 Å². The molecule has 0 aliphatic carbocycles. The first-order valence-corrected chi connectivity index (χ1v) is 17.4. The molecule has 5 rings (SSSR count). The van der Waals surface area contributed by atoms with Crippen molar-refractivity contribution in [2.75, 3.05) is 19.8 Å². The van der Waals surface area contributed by atoms with Gasteiger partial charge in [0.2, 0.25) is 24.0 Å². The number of ether oxygens (including phenoxy) is 6. The Bertz CT molecular complexity index is 1730. The number of hydrogen-bond acceptors (Lipinski definition) is 18. The lowest BCUT2D eigenvalue weighted by Gasteiger charge is -2.50. The van der Waals surface area contributed by atoms with Crippen molar-refractivity contribution in [3.05, 3.63) is 40.2 Å². The number of hydrogen-bond donors (Lipinski definition) is 10. The molecule has 306 valence electrons. The Morgan fingerprint density at radius 2 is 1.11 bits per heavy atom. The zero-order valence-electron chi connectivity index (χ0n) is 30.2. The second kappa shape index (κ2) is 18.0. The van der Waals surface area contributed by atoms with Gasteiger partial charge in [0.15, 0.2) is 12.6 Å². The normalized spacial score (nSPS) is 36.5. The summed E-state index contributed by atoms with van der Waals surface area (Å²) in [7, 11) is 0. The van der Waals surface area contributed by atoms with Gasteiger partial charge in [-0.3, -0.25) is 14.4 Å². The van der Waals surface area contributed by atoms with Gasteiger partial charge in [-0.15, -0.1) is 0 Å². The molecule has 1 aromatic carbocycles. The van der Waals surface area contributed by atoms with Crippen molar-refractivity contribution in [3.63, 3.8) is 0 Å². The molecular formula is C34H47N3O18. The number of carbonyl (C=O) groups excluding carboxylic acids is 3. The van der Waals surface area contributed by atoms with Crippen LogP contribution in [0.5, 0.6) is 5.75 Å². The minimum absolute atomic E-state index is 0.112. The fraction of sp³-hybridized carbons (Fsp3) is 0.647. The zero-order chi connectivity index (χ0) is 40.3. The minimum atomic E-state index is -1.81. The first-order chi connectivity index (χ1) is 26.1. The Labute approximate surface area is 313 Å². The number of aryl methyl sites for hydroxylation is 1. The summed E-state index contributed by atoms with van der Waals surface area (Å²) in [5.74, 6) is -1.86. The van der Waals surface area contributed by atoms with Gasteiger partial charge in [0.05, 0.1) is 19.8 Å². The lowest BCUT2D eigenvalue weighted by molar-refractivity contribution is -0.350. The summed E-state index contributed by atoms with van der Waals surface area (Å²) in [5, 5.41) is 82.9. The summed E-state index contributed by atoms with van der Waals surface area (Å²) >= 11 is 0. The van der Waals surface area contributed by atoms with Crippen molar-refractivity contribution >= 4 is 28.7 Å². The first kappa shape index (κ1) is 42.3. The average Bonchev–Trinajstić information content (AvgIpc) is 3.12. The van der Waals surface area contributed by atoms with E-state index in [0.29, 0.717) is 10.9 Å². The SMILES string of the molecule is CC(=O)N[C@H]1[C@H](Oc2ccc3c(C)cc(=O)oc3c2)O[C@H](CO)[C@@H](O[C@@H]2O[C@H](CO)[C@@H](O[C@@H]3O[C@H](CO)[C@@H](O)[C@H](O)[C@H]3NC(C)=O)[C@H](O)[C@H]2NC(C)=O)[C@@H]1O. The van der Waals surface area contributed by atoms with E-state index in [4.69, 9.17) is 32.8 Å². The van der Waals surface area contributed by atoms with Crippen molar-refractivity contribution in [1.29, 1.82) is 0 Å². The molecule has 3 aliphatic rings. The van der Waals surface area contributed by atoms with E-state index in [1.165, 1.54) is 19.1 Å². The molecule has 15 atom stereocenters. The molecule has 21 heteroatoms. The number of aliphatic hydroxyl groups excluding tert-OH is 7. The van der Waals surface area contributed by atoms with E-state index in [2.05, 4.69) is 16.0 Å². The highest BCUT2D eigenvalue weighted by molar-refractivity contribution is 5.81. The highest BCUT2D eigenvalue weighted by Gasteiger charge is 2.55. The maximum absolute atomic E-state index is 12.4. The number of benzene rings is 1. The molecule has 0 unspecified atom stereocenters. The monoisotopic (exact) mass is 785 g/mol. The summed E-state index contributed by atoms with van der Waals surface area (Å²) in [6.07, 6.45) is -19.1. The lowest BCUT2D eigenvalue weighted by Crippen LogP contribution is -2.71. The Morgan fingerprint density at radius 1 is 0.655 bits per heavy atom. The second-order valence-electron chi connectivity index (χ2n) is 13.5. The topological polar surface area (TPSA) is 314 Å². The van der Waals surface area contributed by atoms with E-state index < -0.39 is 135 Å². The molecule has 4 heterocycles. The van der Waals surface area contributed by atoms with Crippen LogP contribution in [0.4, 0.5) is 0 Å². The maximum Gasteiger partial charge on any atom is 0.336 e. The van der Waals surface area contributed by atoms with Crippen LogP contribution < -0.4 is 26.3 Å². The molecule has 3 fully saturated rings. The predicted molar refractivity (Wildman–Crippen MR) is 182 cm³/mol. The average molecular weight is 786 g/mol. The third-order valence-electron chi connectivity index (χ3n) is 9.45. The quantitative estimate of drug-likeness (QED) is 0.0905. The van der Waals surface area contributed by atoms with Crippen molar-refractivity contribution < 1.29 is 83.0 Å². The van der Waals surface area contributed by atoms with Crippen molar-refractivity contribution in [2.24, 2.45) is 0 Å². The molecule has 3 saturated heterocycles. The van der Waals surface area contributed by atoms with E-state index in [9.17, 15) is 54.9 Å². The van der Waals surface area contributed by atoms with Crippen LogP contribution in [0.3, 0.4) is 0 Å². The summed E-state index contributed by atoms with van der Waals surface area (Å²) in [4.78, 5) is 48.6. The lowest BCUT2D eigenvalue weighted by atomic mass is 9.93. The Morgan fingerprint density at radius 3 is 1.60 bits per heavy atom. The smallest absolute Gasteiger partial charge is 0.336 e. The van der Waals surface area contributed by atoms with Gasteiger partial charge in [-0.2, -0.15) is 0 Å². The van der Waals surface area contributed by atoms with Gasteiger partial charge in [-0.25, -0.2) is 4.79 Å². The van der Waals surface area contributed by atoms with Crippen LogP contribution in [-0.2, 0) is 38.1 Å². The fourth-order valence-electron chi connectivity index (χ4n) is 6.87. The summed E-state index contributed by atoms with van der Waals surface area (Å²) in [5.41, 5.74) is 0.246. The molecule has 55 heavy (non-hydrogen) atoms. The van der Waals surface area contributed by atoms with Crippen LogP contribution in [0.1, 0.15) is 26.3 Å².